The van der Waals surface area contributed by atoms with Gasteiger partial charge < -0.3 is 9.30 Å². The Balaban J connectivity index is 1.25. The van der Waals surface area contributed by atoms with E-state index < -0.39 is 15.9 Å². The van der Waals surface area contributed by atoms with Crippen molar-refractivity contribution in [1.29, 1.82) is 0 Å². The second-order valence-corrected chi connectivity index (χ2v) is 10.4. The van der Waals surface area contributed by atoms with Crippen molar-refractivity contribution in [1.82, 2.24) is 9.29 Å². The van der Waals surface area contributed by atoms with Crippen LogP contribution < -0.4 is 4.72 Å². The Morgan fingerprint density at radius 3 is 2.32 bits per heavy atom. The van der Waals surface area contributed by atoms with Gasteiger partial charge in [0.2, 0.25) is 5.78 Å². The summed E-state index contributed by atoms with van der Waals surface area (Å²) in [5.74, 6) is -0.752. The highest BCUT2D eigenvalue weighted by atomic mass is 32.2. The van der Waals surface area contributed by atoms with Gasteiger partial charge in [0.05, 0.1) is 17.2 Å². The summed E-state index contributed by atoms with van der Waals surface area (Å²) in [5, 5.41) is 0. The summed E-state index contributed by atoms with van der Waals surface area (Å²) in [6.07, 6.45) is 5.83. The molecule has 38 heavy (non-hydrogen) atoms. The molecule has 8 heteroatoms. The standard InChI is InChI=1S/C30H28N2O5S/c1-23-11-17-26(18-12-23)30(34)28-10-6-20-32(28)19-5-7-24-13-15-25(16-14-24)21-37-22-29(33)31-38(35,36)27-8-3-2-4-9-27/h2-18,20H,19,21-22H2,1H3,(H,31,33)/b7-5+. The van der Waals surface area contributed by atoms with Gasteiger partial charge in [-0.25, -0.2) is 13.1 Å². The normalized spacial score (nSPS) is 11.5. The number of aromatic nitrogens is 1. The Hall–Kier alpha value is -4.27. The minimum absolute atomic E-state index is 0.0147. The summed E-state index contributed by atoms with van der Waals surface area (Å²) in [6, 6.07) is 26.5. The van der Waals surface area contributed by atoms with Gasteiger partial charge in [-0.05, 0) is 42.3 Å². The fraction of sp³-hybridized carbons (Fsp3) is 0.133. The largest absolute Gasteiger partial charge is 0.367 e. The van der Waals surface area contributed by atoms with E-state index in [0.29, 0.717) is 17.8 Å². The number of nitrogens with zero attached hydrogens (tertiary/aromatic N) is 1. The van der Waals surface area contributed by atoms with Gasteiger partial charge in [0.25, 0.3) is 15.9 Å². The van der Waals surface area contributed by atoms with Crippen molar-refractivity contribution in [2.24, 2.45) is 0 Å². The number of ketones is 1. The van der Waals surface area contributed by atoms with Gasteiger partial charge in [-0.2, -0.15) is 0 Å². The monoisotopic (exact) mass is 528 g/mol. The minimum atomic E-state index is -3.92. The van der Waals surface area contributed by atoms with Gasteiger partial charge in [-0.1, -0.05) is 84.4 Å². The lowest BCUT2D eigenvalue weighted by molar-refractivity contribution is -0.124. The van der Waals surface area contributed by atoms with Crippen LogP contribution in [0, 0.1) is 6.92 Å². The molecular formula is C30H28N2O5S. The van der Waals surface area contributed by atoms with Gasteiger partial charge in [0.15, 0.2) is 0 Å². The number of amides is 1. The highest BCUT2D eigenvalue weighted by molar-refractivity contribution is 7.90. The first kappa shape index (κ1) is 26.8. The van der Waals surface area contributed by atoms with Crippen LogP contribution in [0.15, 0.2) is 108 Å². The van der Waals surface area contributed by atoms with E-state index in [1.165, 1.54) is 12.1 Å². The van der Waals surface area contributed by atoms with Crippen molar-refractivity contribution in [3.63, 3.8) is 0 Å². The molecule has 0 aliphatic rings. The first-order valence-electron chi connectivity index (χ1n) is 12.0. The highest BCUT2D eigenvalue weighted by Crippen LogP contribution is 2.13. The molecule has 194 valence electrons. The number of sulfonamides is 1. The number of aryl methyl sites for hydroxylation is 1. The van der Waals surface area contributed by atoms with Gasteiger partial charge in [-0.3, -0.25) is 9.59 Å². The van der Waals surface area contributed by atoms with Crippen LogP contribution in [0.25, 0.3) is 6.08 Å². The summed E-state index contributed by atoms with van der Waals surface area (Å²) in [5.41, 5.74) is 4.22. The molecule has 0 atom stereocenters. The smallest absolute Gasteiger partial charge is 0.264 e. The first-order valence-corrected chi connectivity index (χ1v) is 13.5. The first-order chi connectivity index (χ1) is 18.3. The molecule has 0 radical (unpaired) electrons. The third-order valence-corrected chi connectivity index (χ3v) is 7.16. The molecule has 1 amide bonds. The zero-order valence-electron chi connectivity index (χ0n) is 20.9. The number of rotatable bonds is 11. The Kier molecular flexibility index (Phi) is 8.68. The molecule has 1 aromatic heterocycles. The molecule has 0 fully saturated rings. The van der Waals surface area contributed by atoms with E-state index in [1.807, 2.05) is 95.2 Å². The predicted molar refractivity (Wildman–Crippen MR) is 146 cm³/mol. The van der Waals surface area contributed by atoms with E-state index in [0.717, 1.165) is 16.7 Å². The van der Waals surface area contributed by atoms with Crippen molar-refractivity contribution in [3.05, 3.63) is 131 Å². The summed E-state index contributed by atoms with van der Waals surface area (Å²) < 4.78 is 33.7. The number of carbonyl (C=O) groups excluding carboxylic acids is 2. The maximum absolute atomic E-state index is 12.9. The lowest BCUT2D eigenvalue weighted by atomic mass is 10.1. The van der Waals surface area contributed by atoms with Crippen molar-refractivity contribution in [2.75, 3.05) is 6.61 Å². The number of carbonyl (C=O) groups is 2. The number of hydrogen-bond acceptors (Lipinski definition) is 5. The molecule has 0 bridgehead atoms. The molecule has 1 N–H and O–H groups in total. The number of allylic oxidation sites excluding steroid dienone is 1. The van der Waals surface area contributed by atoms with Crippen molar-refractivity contribution < 1.29 is 22.7 Å². The third kappa shape index (κ3) is 7.15. The molecule has 0 spiro atoms. The zero-order chi connectivity index (χ0) is 27.0. The summed E-state index contributed by atoms with van der Waals surface area (Å²) >= 11 is 0. The maximum Gasteiger partial charge on any atom is 0.264 e. The summed E-state index contributed by atoms with van der Waals surface area (Å²) in [6.45, 7) is 2.32. The molecule has 0 saturated carbocycles. The van der Waals surface area contributed by atoms with Crippen LogP contribution in [-0.4, -0.2) is 31.3 Å². The van der Waals surface area contributed by atoms with E-state index in [9.17, 15) is 18.0 Å². The fourth-order valence-corrected chi connectivity index (χ4v) is 4.75. The number of nitrogens with one attached hydrogen (secondary N) is 1. The molecule has 0 aliphatic carbocycles. The maximum atomic E-state index is 12.9. The lowest BCUT2D eigenvalue weighted by Gasteiger charge is -2.08. The van der Waals surface area contributed by atoms with Crippen LogP contribution >= 0.6 is 0 Å². The topological polar surface area (TPSA) is 94.5 Å². The average molecular weight is 529 g/mol. The van der Waals surface area contributed by atoms with E-state index in [2.05, 4.69) is 0 Å². The lowest BCUT2D eigenvalue weighted by Crippen LogP contribution is -2.33. The second-order valence-electron chi connectivity index (χ2n) is 8.72. The average Bonchev–Trinajstić information content (AvgIpc) is 3.38. The highest BCUT2D eigenvalue weighted by Gasteiger charge is 2.17. The molecule has 0 saturated heterocycles. The number of hydrogen-bond donors (Lipinski definition) is 1. The van der Waals surface area contributed by atoms with Crippen LogP contribution in [0.2, 0.25) is 0 Å². The van der Waals surface area contributed by atoms with E-state index in [4.69, 9.17) is 4.74 Å². The van der Waals surface area contributed by atoms with Gasteiger partial charge >= 0.3 is 0 Å². The molecular weight excluding hydrogens is 500 g/mol. The van der Waals surface area contributed by atoms with Crippen LogP contribution in [0.4, 0.5) is 0 Å². The zero-order valence-corrected chi connectivity index (χ0v) is 21.7. The molecule has 1 heterocycles. The second kappa shape index (κ2) is 12.3. The molecule has 0 aliphatic heterocycles. The van der Waals surface area contributed by atoms with Gasteiger partial charge in [0, 0.05) is 18.3 Å². The van der Waals surface area contributed by atoms with E-state index in [-0.39, 0.29) is 23.9 Å². The van der Waals surface area contributed by atoms with Crippen LogP contribution in [-0.2, 0) is 32.7 Å². The van der Waals surface area contributed by atoms with E-state index in [1.54, 1.807) is 18.2 Å². The molecule has 4 rings (SSSR count). The Bertz CT molecular complexity index is 1520. The summed E-state index contributed by atoms with van der Waals surface area (Å²) in [4.78, 5) is 24.9. The van der Waals surface area contributed by atoms with Crippen molar-refractivity contribution in [2.45, 2.75) is 25.0 Å². The van der Waals surface area contributed by atoms with Gasteiger partial charge in [-0.15, -0.1) is 0 Å². The molecule has 0 unspecified atom stereocenters. The Morgan fingerprint density at radius 1 is 0.895 bits per heavy atom. The summed E-state index contributed by atoms with van der Waals surface area (Å²) in [7, 11) is -3.92. The molecule has 4 aromatic rings. The minimum Gasteiger partial charge on any atom is -0.367 e. The predicted octanol–water partition coefficient (Wildman–Crippen LogP) is 4.76. The SMILES string of the molecule is Cc1ccc(C(=O)c2cccn2C/C=C/c2ccc(COCC(=O)NS(=O)(=O)c3ccccc3)cc2)cc1. The van der Waals surface area contributed by atoms with Crippen LogP contribution in [0.1, 0.15) is 32.7 Å². The van der Waals surface area contributed by atoms with E-state index >= 15 is 0 Å². The quantitative estimate of drug-likeness (QED) is 0.283. The van der Waals surface area contributed by atoms with Crippen molar-refractivity contribution in [3.8, 4) is 0 Å². The fourth-order valence-electron chi connectivity index (χ4n) is 3.76. The molecule has 3 aromatic carbocycles. The van der Waals surface area contributed by atoms with Gasteiger partial charge in [0.1, 0.15) is 6.61 Å². The third-order valence-electron chi connectivity index (χ3n) is 5.77. The molecule has 7 nitrogen and oxygen atoms in total. The van der Waals surface area contributed by atoms with Crippen LogP contribution in [0.5, 0.6) is 0 Å². The van der Waals surface area contributed by atoms with Crippen LogP contribution in [0.3, 0.4) is 0 Å². The number of ether oxygens (including phenoxy) is 1. The Labute approximate surface area is 222 Å². The Morgan fingerprint density at radius 2 is 1.61 bits per heavy atom. The van der Waals surface area contributed by atoms with Crippen molar-refractivity contribution >= 4 is 27.8 Å². The number of benzene rings is 3.